The molecule has 0 spiro atoms. The van der Waals surface area contributed by atoms with Gasteiger partial charge in [0, 0.05) is 45.8 Å². The van der Waals surface area contributed by atoms with Gasteiger partial charge in [0.25, 0.3) is 11.5 Å². The fraction of sp³-hybridized carbons (Fsp3) is 0.688. The van der Waals surface area contributed by atoms with Gasteiger partial charge < -0.3 is 10.0 Å². The molecule has 1 aliphatic rings. The van der Waals surface area contributed by atoms with E-state index in [4.69, 9.17) is 0 Å². The predicted octanol–water partition coefficient (Wildman–Crippen LogP) is -0.0549. The zero-order valence-corrected chi connectivity index (χ0v) is 14.3. The number of hydrogen-bond acceptors (Lipinski definition) is 5. The molecule has 2 rings (SSSR count). The van der Waals surface area contributed by atoms with Gasteiger partial charge in [-0.1, -0.05) is 20.8 Å². The molecule has 1 aromatic rings. The fourth-order valence-electron chi connectivity index (χ4n) is 2.43. The Balaban J connectivity index is 1.92. The van der Waals surface area contributed by atoms with Crippen molar-refractivity contribution in [2.24, 2.45) is 12.5 Å². The van der Waals surface area contributed by atoms with Gasteiger partial charge >= 0.3 is 0 Å². The predicted molar refractivity (Wildman–Crippen MR) is 87.3 cm³/mol. The van der Waals surface area contributed by atoms with Gasteiger partial charge in [-0.05, 0) is 11.5 Å². The molecule has 128 valence electrons. The molecule has 1 unspecified atom stereocenters. The summed E-state index contributed by atoms with van der Waals surface area (Å²) in [5.74, 6) is -0.156. The van der Waals surface area contributed by atoms with Gasteiger partial charge in [-0.3, -0.25) is 14.5 Å². The van der Waals surface area contributed by atoms with Crippen LogP contribution in [-0.2, 0) is 7.05 Å². The molecule has 1 amide bonds. The summed E-state index contributed by atoms with van der Waals surface area (Å²) in [5.41, 5.74) is -0.0936. The van der Waals surface area contributed by atoms with E-state index in [1.54, 1.807) is 4.90 Å². The lowest BCUT2D eigenvalue weighted by atomic mass is 9.89. The maximum absolute atomic E-state index is 12.4. The van der Waals surface area contributed by atoms with Gasteiger partial charge in [0.05, 0.1) is 6.10 Å². The summed E-state index contributed by atoms with van der Waals surface area (Å²) in [6.07, 6.45) is -0.393. The molecule has 1 atom stereocenters. The number of aliphatic hydroxyl groups is 1. The lowest BCUT2D eigenvalue weighted by molar-refractivity contribution is 0.0135. The molecular formula is C16H26N4O3. The minimum atomic E-state index is -0.393. The number of aliphatic hydroxyl groups excluding tert-OH is 1. The van der Waals surface area contributed by atoms with Gasteiger partial charge in [0.2, 0.25) is 0 Å². The number of amides is 1. The number of piperazine rings is 1. The van der Waals surface area contributed by atoms with Gasteiger partial charge in [0.15, 0.2) is 0 Å². The van der Waals surface area contributed by atoms with Crippen LogP contribution in [0.4, 0.5) is 0 Å². The number of aromatic nitrogens is 2. The van der Waals surface area contributed by atoms with Crippen LogP contribution in [0.3, 0.4) is 0 Å². The zero-order chi connectivity index (χ0) is 17.2. The van der Waals surface area contributed by atoms with Gasteiger partial charge in [-0.2, -0.15) is 5.10 Å². The number of carbonyl (C=O) groups excluding carboxylic acids is 1. The average molecular weight is 322 g/mol. The summed E-state index contributed by atoms with van der Waals surface area (Å²) in [7, 11) is 1.53. The van der Waals surface area contributed by atoms with Crippen molar-refractivity contribution in [3.8, 4) is 0 Å². The maximum Gasteiger partial charge on any atom is 0.274 e. The van der Waals surface area contributed by atoms with Gasteiger partial charge in [0.1, 0.15) is 5.69 Å². The van der Waals surface area contributed by atoms with Crippen molar-refractivity contribution in [1.82, 2.24) is 19.6 Å². The molecule has 23 heavy (non-hydrogen) atoms. The van der Waals surface area contributed by atoms with Crippen LogP contribution in [0.2, 0.25) is 0 Å². The Morgan fingerprint density at radius 1 is 1.26 bits per heavy atom. The summed E-state index contributed by atoms with van der Waals surface area (Å²) < 4.78 is 1.17. The molecule has 0 aromatic carbocycles. The van der Waals surface area contributed by atoms with E-state index in [0.717, 1.165) is 13.1 Å². The van der Waals surface area contributed by atoms with Crippen molar-refractivity contribution >= 4 is 5.91 Å². The van der Waals surface area contributed by atoms with Gasteiger partial charge in [-0.25, -0.2) is 4.68 Å². The van der Waals surface area contributed by atoms with E-state index < -0.39 is 6.10 Å². The van der Waals surface area contributed by atoms with E-state index in [-0.39, 0.29) is 22.6 Å². The quantitative estimate of drug-likeness (QED) is 0.844. The van der Waals surface area contributed by atoms with Crippen LogP contribution >= 0.6 is 0 Å². The van der Waals surface area contributed by atoms with Crippen molar-refractivity contribution in [3.63, 3.8) is 0 Å². The first-order chi connectivity index (χ1) is 10.7. The minimum absolute atomic E-state index is 0.147. The van der Waals surface area contributed by atoms with Crippen molar-refractivity contribution < 1.29 is 9.90 Å². The Bertz CT molecular complexity index is 612. The van der Waals surface area contributed by atoms with Crippen LogP contribution in [0.5, 0.6) is 0 Å². The molecule has 1 aliphatic heterocycles. The number of nitrogens with zero attached hydrogens (tertiary/aromatic N) is 4. The number of carbonyl (C=O) groups is 1. The van der Waals surface area contributed by atoms with Crippen LogP contribution in [-0.4, -0.2) is 69.4 Å². The first kappa shape index (κ1) is 17.6. The number of β-amino-alcohol motifs (C(OH)–C–C–N with tert-alkyl or cyclic N) is 1. The van der Waals surface area contributed by atoms with E-state index in [1.165, 1.54) is 23.9 Å². The molecular weight excluding hydrogens is 296 g/mol. The molecule has 1 saturated heterocycles. The number of hydrogen-bond donors (Lipinski definition) is 1. The van der Waals surface area contributed by atoms with Crippen LogP contribution in [0.25, 0.3) is 0 Å². The van der Waals surface area contributed by atoms with Gasteiger partial charge in [-0.15, -0.1) is 0 Å². The molecule has 2 heterocycles. The highest BCUT2D eigenvalue weighted by molar-refractivity contribution is 5.92. The lowest BCUT2D eigenvalue weighted by Crippen LogP contribution is -2.52. The van der Waals surface area contributed by atoms with E-state index in [2.05, 4.69) is 10.00 Å². The van der Waals surface area contributed by atoms with Crippen LogP contribution in [0.15, 0.2) is 16.9 Å². The third-order valence-electron chi connectivity index (χ3n) is 4.27. The summed E-state index contributed by atoms with van der Waals surface area (Å²) in [6, 6.07) is 2.83. The summed E-state index contributed by atoms with van der Waals surface area (Å²) >= 11 is 0. The van der Waals surface area contributed by atoms with Crippen LogP contribution in [0, 0.1) is 5.41 Å². The third-order valence-corrected chi connectivity index (χ3v) is 4.27. The molecule has 1 N–H and O–H groups in total. The highest BCUT2D eigenvalue weighted by Crippen LogP contribution is 2.20. The zero-order valence-electron chi connectivity index (χ0n) is 14.3. The molecule has 7 nitrogen and oxygen atoms in total. The van der Waals surface area contributed by atoms with E-state index >= 15 is 0 Å². The van der Waals surface area contributed by atoms with Crippen molar-refractivity contribution in [2.45, 2.75) is 26.9 Å². The first-order valence-corrected chi connectivity index (χ1v) is 7.92. The highest BCUT2D eigenvalue weighted by Gasteiger charge is 2.28. The van der Waals surface area contributed by atoms with Crippen molar-refractivity contribution in [1.29, 1.82) is 0 Å². The Morgan fingerprint density at radius 2 is 1.87 bits per heavy atom. The van der Waals surface area contributed by atoms with Crippen LogP contribution < -0.4 is 5.56 Å². The van der Waals surface area contributed by atoms with E-state index in [0.29, 0.717) is 19.6 Å². The molecule has 1 aromatic heterocycles. The number of rotatable bonds is 3. The summed E-state index contributed by atoms with van der Waals surface area (Å²) in [4.78, 5) is 27.7. The fourth-order valence-corrected chi connectivity index (χ4v) is 2.43. The van der Waals surface area contributed by atoms with Crippen LogP contribution in [0.1, 0.15) is 31.3 Å². The molecule has 0 bridgehead atoms. The topological polar surface area (TPSA) is 78.7 Å². The number of aryl methyl sites for hydroxylation is 1. The van der Waals surface area contributed by atoms with Crippen molar-refractivity contribution in [2.75, 3.05) is 32.7 Å². The second kappa shape index (κ2) is 6.80. The van der Waals surface area contributed by atoms with E-state index in [1.807, 2.05) is 20.8 Å². The average Bonchev–Trinajstić information content (AvgIpc) is 2.49. The SMILES string of the molecule is Cn1nc(C(=O)N2CCN(CC(O)C(C)(C)C)CC2)ccc1=O. The Kier molecular flexibility index (Phi) is 5.21. The summed E-state index contributed by atoms with van der Waals surface area (Å²) in [6.45, 7) is 9.31. The second-order valence-electron chi connectivity index (χ2n) is 7.16. The molecule has 0 radical (unpaired) electrons. The maximum atomic E-state index is 12.4. The summed E-state index contributed by atoms with van der Waals surface area (Å²) in [5, 5.41) is 14.2. The lowest BCUT2D eigenvalue weighted by Gasteiger charge is -2.37. The first-order valence-electron chi connectivity index (χ1n) is 7.92. The second-order valence-corrected chi connectivity index (χ2v) is 7.16. The Hall–Kier alpha value is -1.73. The Labute approximate surface area is 136 Å². The Morgan fingerprint density at radius 3 is 2.39 bits per heavy atom. The molecule has 0 aliphatic carbocycles. The normalized spacial score (nSPS) is 18.0. The molecule has 7 heteroatoms. The van der Waals surface area contributed by atoms with Crippen molar-refractivity contribution in [3.05, 3.63) is 28.2 Å². The molecule has 0 saturated carbocycles. The minimum Gasteiger partial charge on any atom is -0.391 e. The highest BCUT2D eigenvalue weighted by atomic mass is 16.3. The van der Waals surface area contributed by atoms with E-state index in [9.17, 15) is 14.7 Å². The smallest absolute Gasteiger partial charge is 0.274 e. The third kappa shape index (κ3) is 4.39. The largest absolute Gasteiger partial charge is 0.391 e. The monoisotopic (exact) mass is 322 g/mol. The standard InChI is InChI=1S/C16H26N4O3/c1-16(2,3)13(21)11-19-7-9-20(10-8-19)15(23)12-5-6-14(22)18(4)17-12/h5-6,13,21H,7-11H2,1-4H3. The molecule has 1 fully saturated rings.